The molecule has 1 heterocycles. The molecule has 19 heavy (non-hydrogen) atoms. The summed E-state index contributed by atoms with van der Waals surface area (Å²) in [4.78, 5) is 8.81. The number of benzene rings is 1. The van der Waals surface area contributed by atoms with Crippen LogP contribution in [0.4, 0.5) is 11.6 Å². The fraction of sp³-hybridized carbons (Fsp3) is 0.286. The van der Waals surface area contributed by atoms with Crippen molar-refractivity contribution in [3.63, 3.8) is 0 Å². The zero-order chi connectivity index (χ0) is 13.2. The number of hydrogen-bond acceptors (Lipinski definition) is 4. The molecule has 1 fully saturated rings. The van der Waals surface area contributed by atoms with Crippen molar-refractivity contribution in [2.45, 2.75) is 25.3 Å². The first kappa shape index (κ1) is 12.4. The van der Waals surface area contributed by atoms with Crippen molar-refractivity contribution < 1.29 is 0 Å². The summed E-state index contributed by atoms with van der Waals surface area (Å²) in [5, 5.41) is 3.30. The van der Waals surface area contributed by atoms with Crippen LogP contribution in [0.1, 0.15) is 30.1 Å². The number of nitrogen functional groups attached to an aromatic ring is 1. The summed E-state index contributed by atoms with van der Waals surface area (Å²) in [6.07, 6.45) is 2.35. The van der Waals surface area contributed by atoms with Gasteiger partial charge in [-0.15, -0.1) is 0 Å². The van der Waals surface area contributed by atoms with Crippen molar-refractivity contribution in [3.8, 4) is 0 Å². The van der Waals surface area contributed by atoms with Gasteiger partial charge >= 0.3 is 0 Å². The molecule has 0 radical (unpaired) electrons. The van der Waals surface area contributed by atoms with Gasteiger partial charge in [0.05, 0.1) is 0 Å². The van der Waals surface area contributed by atoms with Gasteiger partial charge in [0, 0.05) is 23.0 Å². The maximum absolute atomic E-state index is 5.82. The monoisotopic (exact) mass is 318 g/mol. The van der Waals surface area contributed by atoms with Gasteiger partial charge in [0.1, 0.15) is 17.5 Å². The van der Waals surface area contributed by atoms with Crippen molar-refractivity contribution in [2.24, 2.45) is 0 Å². The average molecular weight is 319 g/mol. The SMILES string of the molecule is Nc1cc(NCc2ccccc2Br)nc(C2CC2)n1. The molecule has 0 atom stereocenters. The molecular weight excluding hydrogens is 304 g/mol. The highest BCUT2D eigenvalue weighted by molar-refractivity contribution is 9.10. The van der Waals surface area contributed by atoms with Crippen molar-refractivity contribution >= 4 is 27.6 Å². The lowest BCUT2D eigenvalue weighted by molar-refractivity contribution is 0.926. The van der Waals surface area contributed by atoms with Gasteiger partial charge in [0.25, 0.3) is 0 Å². The molecule has 4 nitrogen and oxygen atoms in total. The lowest BCUT2D eigenvalue weighted by Crippen LogP contribution is -2.06. The third kappa shape index (κ3) is 3.04. The zero-order valence-electron chi connectivity index (χ0n) is 10.4. The molecule has 0 spiro atoms. The third-order valence-electron chi connectivity index (χ3n) is 3.12. The highest BCUT2D eigenvalue weighted by Crippen LogP contribution is 2.38. The number of aromatic nitrogens is 2. The predicted octanol–water partition coefficient (Wildman–Crippen LogP) is 3.31. The topological polar surface area (TPSA) is 63.8 Å². The number of rotatable bonds is 4. The van der Waals surface area contributed by atoms with Gasteiger partial charge in [-0.3, -0.25) is 0 Å². The van der Waals surface area contributed by atoms with Crippen LogP contribution in [0.2, 0.25) is 0 Å². The first-order valence-corrected chi connectivity index (χ1v) is 7.13. The summed E-state index contributed by atoms with van der Waals surface area (Å²) in [5.41, 5.74) is 7.01. The van der Waals surface area contributed by atoms with Crippen LogP contribution < -0.4 is 11.1 Å². The minimum Gasteiger partial charge on any atom is -0.384 e. The minimum absolute atomic E-state index is 0.507. The summed E-state index contributed by atoms with van der Waals surface area (Å²) < 4.78 is 1.09. The Morgan fingerprint density at radius 3 is 2.79 bits per heavy atom. The summed E-state index contributed by atoms with van der Waals surface area (Å²) in [6.45, 7) is 0.710. The van der Waals surface area contributed by atoms with Crippen LogP contribution in [-0.2, 0) is 6.54 Å². The van der Waals surface area contributed by atoms with Crippen LogP contribution in [0.3, 0.4) is 0 Å². The normalized spacial score (nSPS) is 14.4. The number of nitrogens with two attached hydrogens (primary N) is 1. The molecule has 0 unspecified atom stereocenters. The molecule has 1 saturated carbocycles. The average Bonchev–Trinajstić information content (AvgIpc) is 3.21. The summed E-state index contributed by atoms with van der Waals surface area (Å²) in [6, 6.07) is 9.90. The van der Waals surface area contributed by atoms with Crippen LogP contribution in [0.15, 0.2) is 34.8 Å². The molecule has 1 aromatic carbocycles. The van der Waals surface area contributed by atoms with E-state index in [4.69, 9.17) is 5.73 Å². The maximum atomic E-state index is 5.82. The van der Waals surface area contributed by atoms with Crippen molar-refractivity contribution in [3.05, 3.63) is 46.2 Å². The molecule has 98 valence electrons. The second-order valence-electron chi connectivity index (χ2n) is 4.76. The minimum atomic E-state index is 0.507. The highest BCUT2D eigenvalue weighted by Gasteiger charge is 2.27. The zero-order valence-corrected chi connectivity index (χ0v) is 12.0. The first-order chi connectivity index (χ1) is 9.22. The van der Waals surface area contributed by atoms with E-state index < -0.39 is 0 Å². The molecule has 5 heteroatoms. The largest absolute Gasteiger partial charge is 0.384 e. The van der Waals surface area contributed by atoms with E-state index >= 15 is 0 Å². The van der Waals surface area contributed by atoms with Crippen LogP contribution in [0.5, 0.6) is 0 Å². The van der Waals surface area contributed by atoms with E-state index in [0.717, 1.165) is 16.1 Å². The third-order valence-corrected chi connectivity index (χ3v) is 3.90. The van der Waals surface area contributed by atoms with E-state index in [9.17, 15) is 0 Å². The number of halogens is 1. The first-order valence-electron chi connectivity index (χ1n) is 6.34. The van der Waals surface area contributed by atoms with E-state index in [1.165, 1.54) is 18.4 Å². The number of nitrogens with one attached hydrogen (secondary N) is 1. The number of nitrogens with zero attached hydrogens (tertiary/aromatic N) is 2. The maximum Gasteiger partial charge on any atom is 0.136 e. The Morgan fingerprint density at radius 2 is 2.05 bits per heavy atom. The van der Waals surface area contributed by atoms with Crippen LogP contribution >= 0.6 is 15.9 Å². The summed E-state index contributed by atoms with van der Waals surface area (Å²) in [5.74, 6) is 2.71. The fourth-order valence-electron chi connectivity index (χ4n) is 1.93. The van der Waals surface area contributed by atoms with E-state index in [-0.39, 0.29) is 0 Å². The van der Waals surface area contributed by atoms with Gasteiger partial charge in [0.2, 0.25) is 0 Å². The van der Waals surface area contributed by atoms with Crippen molar-refractivity contribution in [2.75, 3.05) is 11.1 Å². The van der Waals surface area contributed by atoms with Gasteiger partial charge in [-0.25, -0.2) is 9.97 Å². The highest BCUT2D eigenvalue weighted by atomic mass is 79.9. The lowest BCUT2D eigenvalue weighted by atomic mass is 10.2. The Hall–Kier alpha value is -1.62. The van der Waals surface area contributed by atoms with Crippen LogP contribution in [-0.4, -0.2) is 9.97 Å². The second kappa shape index (κ2) is 5.17. The summed E-state index contributed by atoms with van der Waals surface area (Å²) >= 11 is 3.53. The van der Waals surface area contributed by atoms with E-state index in [1.807, 2.05) is 18.2 Å². The number of anilines is 2. The van der Waals surface area contributed by atoms with Crippen LogP contribution in [0.25, 0.3) is 0 Å². The van der Waals surface area contributed by atoms with E-state index in [1.54, 1.807) is 6.07 Å². The number of hydrogen-bond donors (Lipinski definition) is 2. The smallest absolute Gasteiger partial charge is 0.136 e. The quantitative estimate of drug-likeness (QED) is 0.907. The predicted molar refractivity (Wildman–Crippen MR) is 79.9 cm³/mol. The molecule has 0 amide bonds. The Morgan fingerprint density at radius 1 is 1.26 bits per heavy atom. The van der Waals surface area contributed by atoms with Gasteiger partial charge in [-0.1, -0.05) is 34.1 Å². The molecule has 1 aromatic heterocycles. The van der Waals surface area contributed by atoms with E-state index in [0.29, 0.717) is 18.3 Å². The Balaban J connectivity index is 1.74. The second-order valence-corrected chi connectivity index (χ2v) is 5.61. The molecule has 1 aliphatic carbocycles. The van der Waals surface area contributed by atoms with E-state index in [2.05, 4.69) is 37.3 Å². The Bertz CT molecular complexity index is 596. The molecule has 2 aromatic rings. The van der Waals surface area contributed by atoms with Crippen LogP contribution in [0, 0.1) is 0 Å². The molecular formula is C14H15BrN4. The lowest BCUT2D eigenvalue weighted by Gasteiger charge is -2.09. The van der Waals surface area contributed by atoms with Gasteiger partial charge < -0.3 is 11.1 Å². The Labute approximate surface area is 120 Å². The molecule has 1 aliphatic rings. The summed E-state index contributed by atoms with van der Waals surface area (Å²) in [7, 11) is 0. The fourth-order valence-corrected chi connectivity index (χ4v) is 2.35. The molecule has 3 N–H and O–H groups in total. The molecule has 0 saturated heterocycles. The van der Waals surface area contributed by atoms with Crippen molar-refractivity contribution in [1.29, 1.82) is 0 Å². The molecule has 0 bridgehead atoms. The van der Waals surface area contributed by atoms with Crippen molar-refractivity contribution in [1.82, 2.24) is 9.97 Å². The standard InChI is InChI=1S/C14H15BrN4/c15-11-4-2-1-3-10(11)8-17-13-7-12(16)18-14(19-13)9-5-6-9/h1-4,7,9H,5-6,8H2,(H3,16,17,18,19). The molecule has 0 aliphatic heterocycles. The van der Waals surface area contributed by atoms with Gasteiger partial charge in [-0.2, -0.15) is 0 Å². The van der Waals surface area contributed by atoms with Gasteiger partial charge in [-0.05, 0) is 24.5 Å². The van der Waals surface area contributed by atoms with Gasteiger partial charge in [0.15, 0.2) is 0 Å². The molecule has 3 rings (SSSR count). The Kier molecular flexibility index (Phi) is 3.38.